The Labute approximate surface area is 142 Å². The zero-order valence-electron chi connectivity index (χ0n) is 12.5. The number of anilines is 2. The normalized spacial score (nSPS) is 10.5. The summed E-state index contributed by atoms with van der Waals surface area (Å²) in [7, 11) is 0. The van der Waals surface area contributed by atoms with Crippen molar-refractivity contribution in [3.8, 4) is 11.3 Å². The summed E-state index contributed by atoms with van der Waals surface area (Å²) >= 11 is 3.43. The average molecular weight is 371 g/mol. The van der Waals surface area contributed by atoms with Crippen molar-refractivity contribution in [3.05, 3.63) is 70.4 Å². The first-order valence-electron chi connectivity index (χ1n) is 7.07. The molecule has 23 heavy (non-hydrogen) atoms. The van der Waals surface area contributed by atoms with Gasteiger partial charge < -0.3 is 15.5 Å². The van der Waals surface area contributed by atoms with Crippen LogP contribution in [-0.2, 0) is 0 Å². The molecule has 0 spiro atoms. The van der Waals surface area contributed by atoms with Crippen molar-refractivity contribution in [2.75, 3.05) is 11.1 Å². The second-order valence-electron chi connectivity index (χ2n) is 5.16. The van der Waals surface area contributed by atoms with E-state index in [1.165, 1.54) is 0 Å². The number of rotatable bonds is 3. The van der Waals surface area contributed by atoms with Gasteiger partial charge in [0.1, 0.15) is 5.76 Å². The molecule has 3 rings (SSSR count). The number of hydrogen-bond donors (Lipinski definition) is 2. The molecule has 3 N–H and O–H groups in total. The monoisotopic (exact) mass is 370 g/mol. The molecule has 0 saturated heterocycles. The van der Waals surface area contributed by atoms with E-state index in [1.807, 2.05) is 37.3 Å². The molecule has 0 aliphatic rings. The third-order valence-electron chi connectivity index (χ3n) is 3.49. The van der Waals surface area contributed by atoms with Crippen LogP contribution in [0.15, 0.2) is 63.5 Å². The fraction of sp³-hybridized carbons (Fsp3) is 0.0556. The van der Waals surface area contributed by atoms with Crippen LogP contribution in [-0.4, -0.2) is 5.91 Å². The van der Waals surface area contributed by atoms with Gasteiger partial charge in [-0.2, -0.15) is 0 Å². The molecule has 1 aromatic heterocycles. The molecule has 4 nitrogen and oxygen atoms in total. The van der Waals surface area contributed by atoms with Gasteiger partial charge in [0.15, 0.2) is 5.76 Å². The molecule has 0 fully saturated rings. The first kappa shape index (κ1) is 15.4. The Morgan fingerprint density at radius 2 is 1.91 bits per heavy atom. The van der Waals surface area contributed by atoms with Gasteiger partial charge in [0, 0.05) is 10.0 Å². The number of nitrogens with two attached hydrogens (primary N) is 1. The van der Waals surface area contributed by atoms with Crippen LogP contribution in [0.4, 0.5) is 11.4 Å². The molecule has 0 aliphatic heterocycles. The molecular formula is C18H15BrN2O2. The highest BCUT2D eigenvalue weighted by molar-refractivity contribution is 9.10. The largest absolute Gasteiger partial charge is 0.451 e. The van der Waals surface area contributed by atoms with Gasteiger partial charge in [0.25, 0.3) is 5.91 Å². The standard InChI is InChI=1S/C18H15BrN2O2/c1-11-10-12(19)6-7-13(11)16-8-9-17(23-16)18(22)21-15-5-3-2-4-14(15)20/h2-10H,20H2,1H3,(H,21,22). The van der Waals surface area contributed by atoms with Gasteiger partial charge in [0.05, 0.1) is 11.4 Å². The summed E-state index contributed by atoms with van der Waals surface area (Å²) in [5, 5.41) is 2.75. The van der Waals surface area contributed by atoms with Crippen molar-refractivity contribution in [1.29, 1.82) is 0 Å². The SMILES string of the molecule is Cc1cc(Br)ccc1-c1ccc(C(=O)Nc2ccccc2N)o1. The third kappa shape index (κ3) is 3.29. The van der Waals surface area contributed by atoms with Crippen LogP contribution < -0.4 is 11.1 Å². The summed E-state index contributed by atoms with van der Waals surface area (Å²) in [5.74, 6) is 0.565. The van der Waals surface area contributed by atoms with Gasteiger partial charge in [-0.3, -0.25) is 4.79 Å². The number of amides is 1. The van der Waals surface area contributed by atoms with E-state index in [9.17, 15) is 4.79 Å². The van der Waals surface area contributed by atoms with E-state index < -0.39 is 0 Å². The fourth-order valence-corrected chi connectivity index (χ4v) is 2.78. The molecule has 0 radical (unpaired) electrons. The lowest BCUT2D eigenvalue weighted by atomic mass is 10.1. The Hall–Kier alpha value is -2.53. The zero-order chi connectivity index (χ0) is 16.4. The van der Waals surface area contributed by atoms with Gasteiger partial charge in [-0.25, -0.2) is 0 Å². The smallest absolute Gasteiger partial charge is 0.291 e. The van der Waals surface area contributed by atoms with Crippen LogP contribution in [0.5, 0.6) is 0 Å². The first-order valence-corrected chi connectivity index (χ1v) is 7.86. The van der Waals surface area contributed by atoms with Crippen LogP contribution in [0.3, 0.4) is 0 Å². The van der Waals surface area contributed by atoms with Gasteiger partial charge >= 0.3 is 0 Å². The molecule has 2 aromatic carbocycles. The van der Waals surface area contributed by atoms with E-state index >= 15 is 0 Å². The minimum atomic E-state index is -0.330. The highest BCUT2D eigenvalue weighted by Crippen LogP contribution is 2.28. The number of aryl methyl sites for hydroxylation is 1. The molecule has 0 atom stereocenters. The Kier molecular flexibility index (Phi) is 4.21. The van der Waals surface area contributed by atoms with E-state index in [0.717, 1.165) is 15.6 Å². The van der Waals surface area contributed by atoms with Crippen LogP contribution in [0.2, 0.25) is 0 Å². The predicted octanol–water partition coefficient (Wildman–Crippen LogP) is 4.85. The van der Waals surface area contributed by atoms with E-state index in [2.05, 4.69) is 21.2 Å². The Morgan fingerprint density at radius 1 is 1.13 bits per heavy atom. The van der Waals surface area contributed by atoms with Crippen molar-refractivity contribution in [3.63, 3.8) is 0 Å². The Morgan fingerprint density at radius 3 is 2.65 bits per heavy atom. The summed E-state index contributed by atoms with van der Waals surface area (Å²) in [6, 6.07) is 16.4. The number of carbonyl (C=O) groups excluding carboxylic acids is 1. The number of hydrogen-bond acceptors (Lipinski definition) is 3. The highest BCUT2D eigenvalue weighted by atomic mass is 79.9. The molecule has 3 aromatic rings. The van der Waals surface area contributed by atoms with Gasteiger partial charge in [-0.1, -0.05) is 28.1 Å². The summed E-state index contributed by atoms with van der Waals surface area (Å²) in [5.41, 5.74) is 8.92. The minimum absolute atomic E-state index is 0.241. The number of para-hydroxylation sites is 2. The molecule has 1 heterocycles. The quantitative estimate of drug-likeness (QED) is 0.647. The van der Waals surface area contributed by atoms with E-state index in [0.29, 0.717) is 17.1 Å². The maximum atomic E-state index is 12.3. The molecule has 1 amide bonds. The van der Waals surface area contributed by atoms with Gasteiger partial charge in [-0.15, -0.1) is 0 Å². The molecule has 0 unspecified atom stereocenters. The second kappa shape index (κ2) is 6.30. The molecular weight excluding hydrogens is 356 g/mol. The Balaban J connectivity index is 1.84. The van der Waals surface area contributed by atoms with Crippen molar-refractivity contribution in [2.45, 2.75) is 6.92 Å². The summed E-state index contributed by atoms with van der Waals surface area (Å²) in [4.78, 5) is 12.3. The van der Waals surface area contributed by atoms with Crippen molar-refractivity contribution in [1.82, 2.24) is 0 Å². The van der Waals surface area contributed by atoms with E-state index in [1.54, 1.807) is 24.3 Å². The lowest BCUT2D eigenvalue weighted by Crippen LogP contribution is -2.12. The maximum absolute atomic E-state index is 12.3. The Bertz CT molecular complexity index is 871. The minimum Gasteiger partial charge on any atom is -0.451 e. The number of furan rings is 1. The molecule has 116 valence electrons. The van der Waals surface area contributed by atoms with Gasteiger partial charge in [0.2, 0.25) is 0 Å². The van der Waals surface area contributed by atoms with Crippen molar-refractivity contribution < 1.29 is 9.21 Å². The number of benzene rings is 2. The third-order valence-corrected chi connectivity index (χ3v) is 3.99. The van der Waals surface area contributed by atoms with Gasteiger partial charge in [-0.05, 0) is 55.0 Å². The molecule has 0 bridgehead atoms. The molecule has 0 saturated carbocycles. The van der Waals surface area contributed by atoms with Crippen molar-refractivity contribution >= 4 is 33.2 Å². The predicted molar refractivity (Wildman–Crippen MR) is 95.4 cm³/mol. The van der Waals surface area contributed by atoms with Crippen LogP contribution in [0.25, 0.3) is 11.3 Å². The summed E-state index contributed by atoms with van der Waals surface area (Å²) < 4.78 is 6.70. The highest BCUT2D eigenvalue weighted by Gasteiger charge is 2.14. The average Bonchev–Trinajstić information content (AvgIpc) is 2.99. The number of nitrogens with one attached hydrogen (secondary N) is 1. The lowest BCUT2D eigenvalue weighted by molar-refractivity contribution is 0.0997. The van der Waals surface area contributed by atoms with Crippen LogP contribution in [0, 0.1) is 6.92 Å². The zero-order valence-corrected chi connectivity index (χ0v) is 14.1. The summed E-state index contributed by atoms with van der Waals surface area (Å²) in [6.07, 6.45) is 0. The van der Waals surface area contributed by atoms with E-state index in [4.69, 9.17) is 10.2 Å². The lowest BCUT2D eigenvalue weighted by Gasteiger charge is -2.06. The number of carbonyl (C=O) groups is 1. The number of halogens is 1. The number of nitrogen functional groups attached to an aromatic ring is 1. The topological polar surface area (TPSA) is 68.3 Å². The van der Waals surface area contributed by atoms with Crippen molar-refractivity contribution in [2.24, 2.45) is 0 Å². The molecule has 0 aliphatic carbocycles. The first-order chi connectivity index (χ1) is 11.0. The fourth-order valence-electron chi connectivity index (χ4n) is 2.30. The summed E-state index contributed by atoms with van der Waals surface area (Å²) in [6.45, 7) is 1.99. The van der Waals surface area contributed by atoms with Crippen LogP contribution >= 0.6 is 15.9 Å². The van der Waals surface area contributed by atoms with Crippen LogP contribution in [0.1, 0.15) is 16.1 Å². The molecule has 5 heteroatoms. The second-order valence-corrected chi connectivity index (χ2v) is 6.08. The maximum Gasteiger partial charge on any atom is 0.291 e. The van der Waals surface area contributed by atoms with E-state index in [-0.39, 0.29) is 11.7 Å².